The molecule has 0 bridgehead atoms. The van der Waals surface area contributed by atoms with Crippen molar-refractivity contribution in [2.24, 2.45) is 5.92 Å². The van der Waals surface area contributed by atoms with E-state index in [1.165, 1.54) is 4.88 Å². The predicted molar refractivity (Wildman–Crippen MR) is 139 cm³/mol. The molecule has 0 fully saturated rings. The lowest BCUT2D eigenvalue weighted by Gasteiger charge is -2.37. The number of thiophene rings is 1. The van der Waals surface area contributed by atoms with Crippen LogP contribution in [-0.2, 0) is 16.0 Å². The van der Waals surface area contributed by atoms with Crippen LogP contribution in [0, 0.1) is 5.92 Å². The van der Waals surface area contributed by atoms with Gasteiger partial charge in [0.1, 0.15) is 18.1 Å². The van der Waals surface area contributed by atoms with Gasteiger partial charge in [-0.25, -0.2) is 0 Å². The maximum atomic E-state index is 13.5. The topological polar surface area (TPSA) is 71.5 Å². The van der Waals surface area contributed by atoms with Gasteiger partial charge in [0.15, 0.2) is 0 Å². The summed E-state index contributed by atoms with van der Waals surface area (Å²) in [7, 11) is 1.63. The summed E-state index contributed by atoms with van der Waals surface area (Å²) in [6.07, 6.45) is 1.93. The standard InChI is InChI=1S/C27H38N2O5S/c1-5-12-28(15-21(30)18-33-17-20(2)3)16-27(31)29-13-10-26-24(11-14-35-26)25(29)19-34-23-8-6-22(32-4)7-9-23/h5-9,11,14,20-21,25,30H,1,10,12-13,15-19H2,2-4H3. The number of carbonyl (C=O) groups is 1. The van der Waals surface area contributed by atoms with Crippen molar-refractivity contribution >= 4 is 17.2 Å². The Morgan fingerprint density at radius 3 is 2.69 bits per heavy atom. The molecule has 1 N–H and O–H groups in total. The first-order valence-corrected chi connectivity index (χ1v) is 13.0. The smallest absolute Gasteiger partial charge is 0.237 e. The van der Waals surface area contributed by atoms with Crippen molar-refractivity contribution in [3.05, 3.63) is 58.8 Å². The summed E-state index contributed by atoms with van der Waals surface area (Å²) in [4.78, 5) is 18.6. The van der Waals surface area contributed by atoms with Gasteiger partial charge in [-0.05, 0) is 53.6 Å². The van der Waals surface area contributed by atoms with Crippen molar-refractivity contribution in [2.75, 3.05) is 53.1 Å². The van der Waals surface area contributed by atoms with Crippen molar-refractivity contribution in [1.82, 2.24) is 9.80 Å². The molecule has 2 heterocycles. The first-order chi connectivity index (χ1) is 16.9. The van der Waals surface area contributed by atoms with Crippen LogP contribution in [0.4, 0.5) is 0 Å². The fourth-order valence-electron chi connectivity index (χ4n) is 4.18. The molecule has 0 saturated heterocycles. The zero-order valence-electron chi connectivity index (χ0n) is 21.0. The van der Waals surface area contributed by atoms with Crippen LogP contribution < -0.4 is 9.47 Å². The molecule has 1 aromatic carbocycles. The molecule has 0 aliphatic carbocycles. The van der Waals surface area contributed by atoms with Gasteiger partial charge < -0.3 is 24.2 Å². The normalized spacial score (nSPS) is 16.3. The molecule has 3 rings (SSSR count). The molecule has 0 saturated carbocycles. The van der Waals surface area contributed by atoms with Crippen molar-refractivity contribution in [1.29, 1.82) is 0 Å². The Morgan fingerprint density at radius 2 is 2.00 bits per heavy atom. The van der Waals surface area contributed by atoms with E-state index in [0.717, 1.165) is 23.5 Å². The minimum atomic E-state index is -0.666. The second-order valence-corrected chi connectivity index (χ2v) is 10.2. The molecule has 8 heteroatoms. The Bertz CT molecular complexity index is 930. The van der Waals surface area contributed by atoms with Gasteiger partial charge in [-0.15, -0.1) is 17.9 Å². The Morgan fingerprint density at radius 1 is 1.26 bits per heavy atom. The summed E-state index contributed by atoms with van der Waals surface area (Å²) in [6, 6.07) is 9.40. The number of amides is 1. The number of aliphatic hydroxyl groups is 1. The van der Waals surface area contributed by atoms with E-state index in [9.17, 15) is 9.90 Å². The number of hydrogen-bond acceptors (Lipinski definition) is 7. The minimum Gasteiger partial charge on any atom is -0.497 e. The van der Waals surface area contributed by atoms with Gasteiger partial charge in [-0.2, -0.15) is 0 Å². The molecule has 0 radical (unpaired) electrons. The van der Waals surface area contributed by atoms with Crippen LogP contribution >= 0.6 is 11.3 Å². The summed E-state index contributed by atoms with van der Waals surface area (Å²) < 4.78 is 16.9. The number of benzene rings is 1. The summed E-state index contributed by atoms with van der Waals surface area (Å²) in [5.41, 5.74) is 1.15. The molecule has 1 aliphatic heterocycles. The Kier molecular flexibility index (Phi) is 10.6. The van der Waals surface area contributed by atoms with Crippen LogP contribution in [0.2, 0.25) is 0 Å². The van der Waals surface area contributed by atoms with Gasteiger partial charge >= 0.3 is 0 Å². The monoisotopic (exact) mass is 502 g/mol. The second-order valence-electron chi connectivity index (χ2n) is 9.21. The first kappa shape index (κ1) is 27.2. The lowest BCUT2D eigenvalue weighted by molar-refractivity contribution is -0.136. The lowest BCUT2D eigenvalue weighted by atomic mass is 10.0. The van der Waals surface area contributed by atoms with Gasteiger partial charge in [0.05, 0.1) is 32.4 Å². The molecule has 1 aromatic heterocycles. The summed E-state index contributed by atoms with van der Waals surface area (Å²) in [5.74, 6) is 1.93. The zero-order valence-corrected chi connectivity index (χ0v) is 21.8. The van der Waals surface area contributed by atoms with Crippen molar-refractivity contribution in [3.8, 4) is 11.5 Å². The van der Waals surface area contributed by atoms with Crippen LogP contribution in [0.5, 0.6) is 11.5 Å². The predicted octanol–water partition coefficient (Wildman–Crippen LogP) is 3.78. The molecule has 0 spiro atoms. The van der Waals surface area contributed by atoms with E-state index in [2.05, 4.69) is 31.9 Å². The maximum absolute atomic E-state index is 13.5. The number of ether oxygens (including phenoxy) is 3. The van der Waals surface area contributed by atoms with Crippen LogP contribution in [0.1, 0.15) is 30.3 Å². The lowest BCUT2D eigenvalue weighted by Crippen LogP contribution is -2.48. The quantitative estimate of drug-likeness (QED) is 0.397. The third-order valence-corrected chi connectivity index (χ3v) is 6.86. The average molecular weight is 503 g/mol. The Labute approximate surface area is 212 Å². The van der Waals surface area contributed by atoms with Gasteiger partial charge in [0.25, 0.3) is 0 Å². The van der Waals surface area contributed by atoms with E-state index in [0.29, 0.717) is 38.8 Å². The van der Waals surface area contributed by atoms with Gasteiger partial charge in [-0.1, -0.05) is 19.9 Å². The molecule has 35 heavy (non-hydrogen) atoms. The molecule has 1 amide bonds. The van der Waals surface area contributed by atoms with Gasteiger partial charge in [0, 0.05) is 31.1 Å². The molecular weight excluding hydrogens is 464 g/mol. The molecule has 2 atom stereocenters. The SMILES string of the molecule is C=CCN(CC(=O)N1CCc2sccc2C1COc1ccc(OC)cc1)CC(O)COCC(C)C. The highest BCUT2D eigenvalue weighted by molar-refractivity contribution is 7.10. The van der Waals surface area contributed by atoms with Gasteiger partial charge in [-0.3, -0.25) is 9.69 Å². The fourth-order valence-corrected chi connectivity index (χ4v) is 5.11. The minimum absolute atomic E-state index is 0.0160. The number of hydrogen-bond donors (Lipinski definition) is 1. The van der Waals surface area contributed by atoms with Crippen LogP contribution in [0.3, 0.4) is 0 Å². The van der Waals surface area contributed by atoms with Crippen LogP contribution in [-0.4, -0.2) is 80.0 Å². The highest BCUT2D eigenvalue weighted by Gasteiger charge is 2.33. The number of rotatable bonds is 14. The molecule has 192 valence electrons. The third-order valence-electron chi connectivity index (χ3n) is 5.86. The third kappa shape index (κ3) is 8.07. The Balaban J connectivity index is 1.64. The van der Waals surface area contributed by atoms with Gasteiger partial charge in [0.2, 0.25) is 5.91 Å². The van der Waals surface area contributed by atoms with E-state index in [4.69, 9.17) is 14.2 Å². The molecule has 2 aromatic rings. The van der Waals surface area contributed by atoms with Crippen molar-refractivity contribution in [2.45, 2.75) is 32.4 Å². The van der Waals surface area contributed by atoms with E-state index >= 15 is 0 Å². The highest BCUT2D eigenvalue weighted by atomic mass is 32.1. The number of carbonyl (C=O) groups excluding carboxylic acids is 1. The largest absolute Gasteiger partial charge is 0.497 e. The highest BCUT2D eigenvalue weighted by Crippen LogP contribution is 2.34. The number of nitrogens with zero attached hydrogens (tertiary/aromatic N) is 2. The molecule has 7 nitrogen and oxygen atoms in total. The zero-order chi connectivity index (χ0) is 25.2. The second kappa shape index (κ2) is 13.6. The fraction of sp³-hybridized carbons (Fsp3) is 0.519. The first-order valence-electron chi connectivity index (χ1n) is 12.1. The van der Waals surface area contributed by atoms with Crippen LogP contribution in [0.25, 0.3) is 0 Å². The van der Waals surface area contributed by atoms with E-state index in [1.54, 1.807) is 24.5 Å². The summed E-state index contributed by atoms with van der Waals surface area (Å²) >= 11 is 1.73. The average Bonchev–Trinajstić information content (AvgIpc) is 3.32. The molecule has 2 unspecified atom stereocenters. The number of fused-ring (bicyclic) bond motifs is 1. The Hall–Kier alpha value is -2.39. The van der Waals surface area contributed by atoms with E-state index in [-0.39, 0.29) is 25.1 Å². The summed E-state index contributed by atoms with van der Waals surface area (Å²) in [5, 5.41) is 12.5. The number of aliphatic hydroxyl groups excluding tert-OH is 1. The van der Waals surface area contributed by atoms with E-state index < -0.39 is 6.10 Å². The molecule has 1 aliphatic rings. The van der Waals surface area contributed by atoms with Crippen molar-refractivity contribution < 1.29 is 24.1 Å². The van der Waals surface area contributed by atoms with Crippen molar-refractivity contribution in [3.63, 3.8) is 0 Å². The van der Waals surface area contributed by atoms with E-state index in [1.807, 2.05) is 34.1 Å². The molecular formula is C27H38N2O5S. The number of methoxy groups -OCH3 is 1. The maximum Gasteiger partial charge on any atom is 0.237 e. The summed E-state index contributed by atoms with van der Waals surface area (Å²) in [6.45, 7) is 10.9. The van der Waals surface area contributed by atoms with Crippen LogP contribution in [0.15, 0.2) is 48.4 Å².